The van der Waals surface area contributed by atoms with Gasteiger partial charge in [-0.2, -0.15) is 5.26 Å². The Labute approximate surface area is 101 Å². The quantitative estimate of drug-likeness (QED) is 0.462. The van der Waals surface area contributed by atoms with Gasteiger partial charge < -0.3 is 10.5 Å². The number of nitrogen functional groups attached to an aromatic ring is 1. The minimum Gasteiger partial charge on any atom is -0.465 e. The molecule has 90 valence electrons. The lowest BCUT2D eigenvalue weighted by atomic mass is 10.1. The number of anilines is 1. The molecule has 0 saturated heterocycles. The second kappa shape index (κ2) is 7.29. The predicted molar refractivity (Wildman–Crippen MR) is 65.0 cm³/mol. The summed E-state index contributed by atoms with van der Waals surface area (Å²) in [5, 5.41) is 8.33. The number of benzene rings is 1. The third-order valence-corrected chi connectivity index (χ3v) is 2.25. The van der Waals surface area contributed by atoms with Crippen molar-refractivity contribution in [2.75, 3.05) is 12.3 Å². The summed E-state index contributed by atoms with van der Waals surface area (Å²) in [6, 6.07) is 9.23. The molecule has 1 aromatic rings. The molecule has 0 aliphatic carbocycles. The predicted octanol–water partition coefficient (Wildman–Crippen LogP) is 2.05. The third-order valence-electron chi connectivity index (χ3n) is 2.25. The highest BCUT2D eigenvalue weighted by molar-refractivity contribution is 5.72. The fourth-order valence-electron chi connectivity index (χ4n) is 1.41. The van der Waals surface area contributed by atoms with Crippen LogP contribution in [-0.4, -0.2) is 12.6 Å². The van der Waals surface area contributed by atoms with Gasteiger partial charge in [0.05, 0.1) is 19.1 Å². The number of unbranched alkanes of at least 4 members (excludes halogenated alkanes) is 2. The zero-order valence-electron chi connectivity index (χ0n) is 9.69. The van der Waals surface area contributed by atoms with Crippen LogP contribution in [0.2, 0.25) is 0 Å². The summed E-state index contributed by atoms with van der Waals surface area (Å²) in [5.41, 5.74) is 7.10. The number of nitriles is 1. The van der Waals surface area contributed by atoms with Crippen molar-refractivity contribution in [3.8, 4) is 6.07 Å². The van der Waals surface area contributed by atoms with E-state index in [-0.39, 0.29) is 12.4 Å². The average Bonchev–Trinajstić information content (AvgIpc) is 2.29. The molecule has 0 amide bonds. The van der Waals surface area contributed by atoms with E-state index in [9.17, 15) is 4.79 Å². The molecule has 0 atom stereocenters. The summed E-state index contributed by atoms with van der Waals surface area (Å²) in [7, 11) is 0. The smallest absolute Gasteiger partial charge is 0.310 e. The van der Waals surface area contributed by atoms with E-state index >= 15 is 0 Å². The molecule has 1 rings (SSSR count). The highest BCUT2D eigenvalue weighted by Crippen LogP contribution is 2.08. The first-order chi connectivity index (χ1) is 8.22. The van der Waals surface area contributed by atoms with Crippen molar-refractivity contribution >= 4 is 11.7 Å². The zero-order valence-corrected chi connectivity index (χ0v) is 9.69. The molecule has 0 bridgehead atoms. The number of nitrogens with zero attached hydrogens (tertiary/aromatic N) is 1. The Balaban J connectivity index is 2.23. The largest absolute Gasteiger partial charge is 0.465 e. The topological polar surface area (TPSA) is 76.1 Å². The van der Waals surface area contributed by atoms with E-state index in [1.165, 1.54) is 0 Å². The number of rotatable bonds is 6. The second-order valence-corrected chi connectivity index (χ2v) is 3.76. The van der Waals surface area contributed by atoms with Crippen LogP contribution in [-0.2, 0) is 16.0 Å². The number of hydrogen-bond donors (Lipinski definition) is 1. The first-order valence-corrected chi connectivity index (χ1v) is 5.59. The van der Waals surface area contributed by atoms with Gasteiger partial charge in [0.1, 0.15) is 0 Å². The lowest BCUT2D eigenvalue weighted by Crippen LogP contribution is -2.09. The fourth-order valence-corrected chi connectivity index (χ4v) is 1.41. The van der Waals surface area contributed by atoms with Crippen molar-refractivity contribution in [3.05, 3.63) is 29.8 Å². The molecule has 1 aromatic carbocycles. The lowest BCUT2D eigenvalue weighted by Gasteiger charge is -2.04. The number of hydrogen-bond acceptors (Lipinski definition) is 4. The van der Waals surface area contributed by atoms with Gasteiger partial charge in [-0.05, 0) is 30.5 Å². The van der Waals surface area contributed by atoms with E-state index in [0.29, 0.717) is 18.7 Å². The molecule has 0 aliphatic rings. The fraction of sp³-hybridized carbons (Fsp3) is 0.385. The molecule has 0 unspecified atom stereocenters. The van der Waals surface area contributed by atoms with E-state index in [4.69, 9.17) is 15.7 Å². The highest BCUT2D eigenvalue weighted by Gasteiger charge is 2.04. The maximum absolute atomic E-state index is 11.4. The van der Waals surface area contributed by atoms with E-state index in [2.05, 4.69) is 0 Å². The summed E-state index contributed by atoms with van der Waals surface area (Å²) >= 11 is 0. The SMILES string of the molecule is N#CCCCCOC(=O)Cc1cccc(N)c1. The molecule has 0 heterocycles. The molecule has 0 radical (unpaired) electrons. The van der Waals surface area contributed by atoms with Crippen LogP contribution in [0.15, 0.2) is 24.3 Å². The Hall–Kier alpha value is -2.02. The maximum atomic E-state index is 11.4. The Morgan fingerprint density at radius 3 is 2.94 bits per heavy atom. The van der Waals surface area contributed by atoms with Crippen LogP contribution in [0.4, 0.5) is 5.69 Å². The van der Waals surface area contributed by atoms with E-state index in [1.807, 2.05) is 18.2 Å². The van der Waals surface area contributed by atoms with Gasteiger partial charge in [0, 0.05) is 12.1 Å². The van der Waals surface area contributed by atoms with Crippen molar-refractivity contribution in [1.82, 2.24) is 0 Å². The first kappa shape index (κ1) is 13.0. The van der Waals surface area contributed by atoms with Crippen LogP contribution in [0.3, 0.4) is 0 Å². The van der Waals surface area contributed by atoms with Crippen LogP contribution in [0.1, 0.15) is 24.8 Å². The molecule has 0 aliphatic heterocycles. The average molecular weight is 232 g/mol. The van der Waals surface area contributed by atoms with Gasteiger partial charge in [0.2, 0.25) is 0 Å². The number of ether oxygens (including phenoxy) is 1. The van der Waals surface area contributed by atoms with Gasteiger partial charge >= 0.3 is 5.97 Å². The summed E-state index contributed by atoms with van der Waals surface area (Å²) in [6.07, 6.45) is 2.24. The van der Waals surface area contributed by atoms with Crippen molar-refractivity contribution in [3.63, 3.8) is 0 Å². The Bertz CT molecular complexity index is 410. The number of esters is 1. The van der Waals surface area contributed by atoms with E-state index in [0.717, 1.165) is 18.4 Å². The highest BCUT2D eigenvalue weighted by atomic mass is 16.5. The van der Waals surface area contributed by atoms with E-state index < -0.39 is 0 Å². The number of carbonyl (C=O) groups is 1. The Morgan fingerprint density at radius 2 is 2.24 bits per heavy atom. The molecule has 0 fully saturated rings. The minimum atomic E-state index is -0.257. The molecule has 4 nitrogen and oxygen atoms in total. The number of nitrogens with two attached hydrogens (primary N) is 1. The van der Waals surface area contributed by atoms with E-state index in [1.54, 1.807) is 12.1 Å². The van der Waals surface area contributed by atoms with Gasteiger partial charge in [0.25, 0.3) is 0 Å². The monoisotopic (exact) mass is 232 g/mol. The second-order valence-electron chi connectivity index (χ2n) is 3.76. The molecule has 2 N–H and O–H groups in total. The molecular weight excluding hydrogens is 216 g/mol. The van der Waals surface area contributed by atoms with Crippen molar-refractivity contribution in [2.45, 2.75) is 25.7 Å². The van der Waals surface area contributed by atoms with Gasteiger partial charge in [-0.25, -0.2) is 0 Å². The maximum Gasteiger partial charge on any atom is 0.310 e. The molecule has 17 heavy (non-hydrogen) atoms. The van der Waals surface area contributed by atoms with Crippen molar-refractivity contribution < 1.29 is 9.53 Å². The van der Waals surface area contributed by atoms with Gasteiger partial charge in [-0.15, -0.1) is 0 Å². The minimum absolute atomic E-state index is 0.239. The van der Waals surface area contributed by atoms with Gasteiger partial charge in [0.15, 0.2) is 0 Å². The number of carbonyl (C=O) groups excluding carboxylic acids is 1. The molecule has 0 spiro atoms. The first-order valence-electron chi connectivity index (χ1n) is 5.59. The Kier molecular flexibility index (Phi) is 5.59. The van der Waals surface area contributed by atoms with Crippen LogP contribution in [0.5, 0.6) is 0 Å². The molecule has 0 aromatic heterocycles. The summed E-state index contributed by atoms with van der Waals surface area (Å²) in [5.74, 6) is -0.257. The van der Waals surface area contributed by atoms with Gasteiger partial charge in [-0.1, -0.05) is 12.1 Å². The molecular formula is C13H16N2O2. The van der Waals surface area contributed by atoms with Crippen LogP contribution >= 0.6 is 0 Å². The summed E-state index contributed by atoms with van der Waals surface area (Å²) in [6.45, 7) is 0.378. The standard InChI is InChI=1S/C13H16N2O2/c14-7-2-1-3-8-17-13(16)10-11-5-4-6-12(15)9-11/h4-6,9H,1-3,8,10,15H2. The molecule has 0 saturated carbocycles. The normalized spacial score (nSPS) is 9.59. The Morgan fingerprint density at radius 1 is 1.41 bits per heavy atom. The summed E-state index contributed by atoms with van der Waals surface area (Å²) < 4.78 is 5.04. The third kappa shape index (κ3) is 5.57. The summed E-state index contributed by atoms with van der Waals surface area (Å²) in [4.78, 5) is 11.4. The lowest BCUT2D eigenvalue weighted by molar-refractivity contribution is -0.142. The van der Waals surface area contributed by atoms with Crippen molar-refractivity contribution in [2.24, 2.45) is 0 Å². The van der Waals surface area contributed by atoms with Crippen molar-refractivity contribution in [1.29, 1.82) is 5.26 Å². The molecule has 4 heteroatoms. The van der Waals surface area contributed by atoms with Crippen LogP contribution in [0, 0.1) is 11.3 Å². The van der Waals surface area contributed by atoms with Crippen LogP contribution < -0.4 is 5.73 Å². The van der Waals surface area contributed by atoms with Crippen LogP contribution in [0.25, 0.3) is 0 Å². The van der Waals surface area contributed by atoms with Gasteiger partial charge in [-0.3, -0.25) is 4.79 Å². The zero-order chi connectivity index (χ0) is 12.5.